The van der Waals surface area contributed by atoms with Gasteiger partial charge in [-0.25, -0.2) is 4.98 Å². The van der Waals surface area contributed by atoms with Crippen LogP contribution in [0.5, 0.6) is 0 Å². The summed E-state index contributed by atoms with van der Waals surface area (Å²) in [6, 6.07) is 41.4. The summed E-state index contributed by atoms with van der Waals surface area (Å²) in [6.07, 6.45) is 3.51. The molecule has 55 heavy (non-hydrogen) atoms. The second-order valence-electron chi connectivity index (χ2n) is 14.7. The monoisotopic (exact) mass is 967 g/mol. The number of imidazole rings is 1. The van der Waals surface area contributed by atoms with Gasteiger partial charge in [-0.2, -0.15) is 0 Å². The third-order valence-electron chi connectivity index (χ3n) is 9.63. The van der Waals surface area contributed by atoms with Crippen LogP contribution < -0.4 is 4.40 Å². The molecule has 9 aromatic rings. The molecule has 4 heterocycles. The fourth-order valence-electron chi connectivity index (χ4n) is 6.94. The van der Waals surface area contributed by atoms with Gasteiger partial charge in [-0.1, -0.05) is 65.5 Å². The largest absolute Gasteiger partial charge is 0.486 e. The minimum atomic E-state index is -2.37. The van der Waals surface area contributed by atoms with E-state index in [1.165, 1.54) is 22.4 Å². The summed E-state index contributed by atoms with van der Waals surface area (Å²) in [7, 11) is 0. The van der Waals surface area contributed by atoms with Gasteiger partial charge in [-0.15, -0.1) is 18.2 Å². The first-order chi connectivity index (χ1) is 27.6. The SMILES string of the molecule is [2H]C([2H])([2H])c1c[c-]c(-c2cc(C([2H])(C)C)[c]([Ge]([CH3])([CH3])[CH3])cn2)c(F)c1.[Ir].[c-]1ccc2c(oc3ncccc32)c1-c1nc2cc3ccccc3cc2n1Cc1ccccc1. The van der Waals surface area contributed by atoms with Crippen LogP contribution in [0.1, 0.15) is 41.9 Å². The number of rotatable bonds is 6. The van der Waals surface area contributed by atoms with E-state index in [0.29, 0.717) is 18.0 Å². The second-order valence-corrected chi connectivity index (χ2v) is 25.3. The van der Waals surface area contributed by atoms with Gasteiger partial charge in [0.05, 0.1) is 22.4 Å². The van der Waals surface area contributed by atoms with Gasteiger partial charge in [0.25, 0.3) is 0 Å². The molecule has 0 atom stereocenters. The number of hydrogen-bond donors (Lipinski definition) is 0. The summed E-state index contributed by atoms with van der Waals surface area (Å²) in [5.74, 6) is 6.02. The topological polar surface area (TPSA) is 56.7 Å². The first-order valence-electron chi connectivity index (χ1n) is 19.9. The molecule has 1 radical (unpaired) electrons. The van der Waals surface area contributed by atoms with E-state index in [2.05, 4.69) is 105 Å². The van der Waals surface area contributed by atoms with E-state index in [-0.39, 0.29) is 31.2 Å². The van der Waals surface area contributed by atoms with Crippen molar-refractivity contribution in [2.75, 3.05) is 0 Å². The van der Waals surface area contributed by atoms with E-state index >= 15 is 0 Å². The van der Waals surface area contributed by atoms with Crippen molar-refractivity contribution in [2.24, 2.45) is 0 Å². The quantitative estimate of drug-likeness (QED) is 0.123. The van der Waals surface area contributed by atoms with Crippen LogP contribution in [0, 0.1) is 24.8 Å². The number of hydrogen-bond acceptors (Lipinski definition) is 4. The molecule has 8 heteroatoms. The number of aromatic nitrogens is 4. The maximum Gasteiger partial charge on any atom is 0.216 e. The molecule has 0 saturated heterocycles. The van der Waals surface area contributed by atoms with E-state index in [4.69, 9.17) is 14.9 Å². The molecule has 277 valence electrons. The Hall–Kier alpha value is -4.95. The van der Waals surface area contributed by atoms with Crippen molar-refractivity contribution < 1.29 is 34.4 Å². The summed E-state index contributed by atoms with van der Waals surface area (Å²) in [4.78, 5) is 13.9. The Morgan fingerprint density at radius 2 is 1.64 bits per heavy atom. The molecular weight excluding hydrogens is 920 g/mol. The van der Waals surface area contributed by atoms with Crippen molar-refractivity contribution in [3.63, 3.8) is 0 Å². The zero-order chi connectivity index (χ0) is 41.0. The second kappa shape index (κ2) is 15.7. The predicted molar refractivity (Wildman–Crippen MR) is 222 cm³/mol. The standard InChI is InChI=1S/C29H18N3O.C18H23FGeN.Ir/c1-2-8-19(9-3-1)18-32-26-17-21-11-5-4-10-20(21)16-25(26)31-28(32)24-13-6-12-22-23-14-7-15-30-29(23)33-27(22)24;1-12(2)15-10-18(21-11-17(15)20(4,5)6)14-8-7-13(3)9-16(14)19;/h1-12,14-17H,18H2;7,9-12H,1-6H3;/q2*-1;/i;3D3,12D;. The van der Waals surface area contributed by atoms with Gasteiger partial charge in [0.1, 0.15) is 0 Å². The number of furan rings is 1. The zero-order valence-electron chi connectivity index (χ0n) is 35.2. The van der Waals surface area contributed by atoms with Gasteiger partial charge >= 0.3 is 135 Å². The normalized spacial score (nSPS) is 13.1. The Morgan fingerprint density at radius 3 is 2.36 bits per heavy atom. The van der Waals surface area contributed by atoms with Gasteiger partial charge in [-0.3, -0.25) is 4.98 Å². The average molecular weight is 966 g/mol. The third-order valence-corrected chi connectivity index (χ3v) is 13.9. The van der Waals surface area contributed by atoms with Crippen LogP contribution in [0.25, 0.3) is 66.5 Å². The van der Waals surface area contributed by atoms with Gasteiger partial charge in [0.2, 0.25) is 5.71 Å². The Bertz CT molecular complexity index is 2970. The summed E-state index contributed by atoms with van der Waals surface area (Å²) in [5, 5.41) is 4.39. The summed E-state index contributed by atoms with van der Waals surface area (Å²) < 4.78 is 54.6. The molecule has 4 aromatic heterocycles. The van der Waals surface area contributed by atoms with E-state index in [1.807, 2.05) is 30.3 Å². The first-order valence-corrected chi connectivity index (χ1v) is 25.2. The number of fused-ring (bicyclic) bond motifs is 5. The van der Waals surface area contributed by atoms with Crippen molar-refractivity contribution in [3.05, 3.63) is 156 Å². The molecule has 0 aliphatic rings. The van der Waals surface area contributed by atoms with Crippen LogP contribution in [0.4, 0.5) is 4.39 Å². The van der Waals surface area contributed by atoms with Crippen molar-refractivity contribution in [1.29, 1.82) is 0 Å². The molecule has 5 nitrogen and oxygen atoms in total. The molecule has 0 saturated carbocycles. The number of aryl methyl sites for hydroxylation is 1. The smallest absolute Gasteiger partial charge is 0.216 e. The van der Waals surface area contributed by atoms with E-state index in [1.54, 1.807) is 32.3 Å². The minimum Gasteiger partial charge on any atom is -0.486 e. The molecule has 0 unspecified atom stereocenters. The molecule has 0 bridgehead atoms. The van der Waals surface area contributed by atoms with E-state index in [9.17, 15) is 4.39 Å². The molecule has 0 amide bonds. The Kier molecular flexibility index (Phi) is 9.51. The van der Waals surface area contributed by atoms with Crippen molar-refractivity contribution in [2.45, 2.75) is 50.4 Å². The number of halogens is 1. The summed E-state index contributed by atoms with van der Waals surface area (Å²) in [6.45, 7) is 1.94. The van der Waals surface area contributed by atoms with Crippen LogP contribution in [0.3, 0.4) is 0 Å². The molecule has 9 rings (SSSR count). The maximum atomic E-state index is 14.5. The minimum absolute atomic E-state index is 0. The molecule has 0 spiro atoms. The van der Waals surface area contributed by atoms with E-state index in [0.717, 1.165) is 54.8 Å². The van der Waals surface area contributed by atoms with Gasteiger partial charge in [-0.05, 0) is 40.6 Å². The van der Waals surface area contributed by atoms with Crippen molar-refractivity contribution in [1.82, 2.24) is 19.5 Å². The molecule has 0 fully saturated rings. The van der Waals surface area contributed by atoms with Crippen molar-refractivity contribution >= 4 is 61.5 Å². The van der Waals surface area contributed by atoms with Crippen LogP contribution in [-0.4, -0.2) is 32.8 Å². The fourth-order valence-corrected chi connectivity index (χ4v) is 10.3. The zero-order valence-corrected chi connectivity index (χ0v) is 35.7. The van der Waals surface area contributed by atoms with Crippen LogP contribution >= 0.6 is 0 Å². The molecular formula is C47H41FGeIrN4O-2. The number of benzene rings is 5. The van der Waals surface area contributed by atoms with E-state index < -0.39 is 31.8 Å². The Balaban J connectivity index is 0.000000184. The van der Waals surface area contributed by atoms with Gasteiger partial charge in [0.15, 0.2) is 0 Å². The molecule has 0 N–H and O–H groups in total. The first kappa shape index (κ1) is 33.4. The van der Waals surface area contributed by atoms with Gasteiger partial charge < -0.3 is 8.98 Å². The molecule has 0 aliphatic heterocycles. The van der Waals surface area contributed by atoms with Crippen LogP contribution in [-0.2, 0) is 26.7 Å². The third kappa shape index (κ3) is 7.66. The maximum absolute atomic E-state index is 14.5. The molecule has 5 aromatic carbocycles. The number of pyridine rings is 2. The fraction of sp³-hybridized carbons (Fsp3) is 0.170. The predicted octanol–water partition coefficient (Wildman–Crippen LogP) is 11.7. The van der Waals surface area contributed by atoms with Gasteiger partial charge in [0, 0.05) is 38.2 Å². The molecule has 0 aliphatic carbocycles. The van der Waals surface area contributed by atoms with Crippen LogP contribution in [0.2, 0.25) is 17.3 Å². The van der Waals surface area contributed by atoms with Crippen LogP contribution in [0.15, 0.2) is 126 Å². The van der Waals surface area contributed by atoms with Crippen molar-refractivity contribution in [3.8, 4) is 22.6 Å². The Labute approximate surface area is 343 Å². The average Bonchev–Trinajstić information content (AvgIpc) is 3.74. The summed E-state index contributed by atoms with van der Waals surface area (Å²) >= 11 is -2.25. The summed E-state index contributed by atoms with van der Waals surface area (Å²) in [5.41, 5.74) is 6.77. The number of nitrogens with zero attached hydrogens (tertiary/aromatic N) is 4. The Morgan fingerprint density at radius 1 is 0.873 bits per heavy atom.